The molecule has 2 atom stereocenters. The summed E-state index contributed by atoms with van der Waals surface area (Å²) >= 11 is 0. The molecule has 42 heavy (non-hydrogen) atoms. The molecule has 0 aliphatic carbocycles. The van der Waals surface area contributed by atoms with Gasteiger partial charge in [0.25, 0.3) is 5.91 Å². The fraction of sp³-hybridized carbons (Fsp3) is 0.212. The Labute approximate surface area is 246 Å². The zero-order chi connectivity index (χ0) is 29.5. The molecule has 1 heterocycles. The van der Waals surface area contributed by atoms with E-state index in [-0.39, 0.29) is 35.7 Å². The Hall–Kier alpha value is -4.47. The number of anilines is 1. The minimum absolute atomic E-state index is 0.0962. The third-order valence-electron chi connectivity index (χ3n) is 7.17. The summed E-state index contributed by atoms with van der Waals surface area (Å²) in [5.74, 6) is 0.0311. The number of para-hydroxylation sites is 2. The predicted molar refractivity (Wildman–Crippen MR) is 161 cm³/mol. The fourth-order valence-corrected chi connectivity index (χ4v) is 6.07. The molecule has 2 N–H and O–H groups in total. The van der Waals surface area contributed by atoms with Crippen molar-refractivity contribution in [2.24, 2.45) is 0 Å². The van der Waals surface area contributed by atoms with Gasteiger partial charge < -0.3 is 15.0 Å². The molecule has 0 fully saturated rings. The van der Waals surface area contributed by atoms with E-state index < -0.39 is 16.1 Å². The number of hydrogen-bond donors (Lipinski definition) is 2. The maximum Gasteiger partial charge on any atom is 0.263 e. The molecule has 0 radical (unpaired) electrons. The van der Waals surface area contributed by atoms with E-state index in [1.54, 1.807) is 54.3 Å². The molecule has 5 rings (SSSR count). The molecule has 4 aromatic rings. The van der Waals surface area contributed by atoms with Crippen LogP contribution in [-0.2, 0) is 32.6 Å². The highest BCUT2D eigenvalue weighted by molar-refractivity contribution is 7.89. The summed E-state index contributed by atoms with van der Waals surface area (Å²) in [5.41, 5.74) is 3.29. The van der Waals surface area contributed by atoms with Gasteiger partial charge in [-0.15, -0.1) is 0 Å². The Morgan fingerprint density at radius 3 is 2.21 bits per heavy atom. The van der Waals surface area contributed by atoms with Gasteiger partial charge in [-0.1, -0.05) is 84.9 Å². The van der Waals surface area contributed by atoms with Gasteiger partial charge in [0, 0.05) is 19.0 Å². The highest BCUT2D eigenvalue weighted by atomic mass is 32.2. The van der Waals surface area contributed by atoms with Crippen molar-refractivity contribution in [2.45, 2.75) is 43.4 Å². The Bertz CT molecular complexity index is 1630. The average molecular weight is 584 g/mol. The minimum atomic E-state index is -3.72. The van der Waals surface area contributed by atoms with Crippen LogP contribution in [-0.4, -0.2) is 32.9 Å². The Morgan fingerprint density at radius 2 is 1.50 bits per heavy atom. The summed E-state index contributed by atoms with van der Waals surface area (Å²) < 4.78 is 34.5. The number of sulfonamides is 1. The first-order chi connectivity index (χ1) is 20.3. The number of nitrogens with one attached hydrogen (secondary N) is 2. The summed E-state index contributed by atoms with van der Waals surface area (Å²) in [6, 6.07) is 32.3. The number of hydrogen-bond acceptors (Lipinski definition) is 5. The van der Waals surface area contributed by atoms with Crippen LogP contribution in [0.1, 0.15) is 36.1 Å². The number of nitrogens with zero attached hydrogens (tertiary/aromatic N) is 1. The number of benzene rings is 4. The molecule has 0 saturated heterocycles. The van der Waals surface area contributed by atoms with E-state index in [9.17, 15) is 18.0 Å². The largest absolute Gasteiger partial charge is 0.477 e. The summed E-state index contributed by atoms with van der Waals surface area (Å²) in [5, 5.41) is 2.90. The summed E-state index contributed by atoms with van der Waals surface area (Å²) in [6.07, 6.45) is -0.248. The molecule has 8 nitrogen and oxygen atoms in total. The van der Waals surface area contributed by atoms with Crippen molar-refractivity contribution < 1.29 is 22.7 Å². The smallest absolute Gasteiger partial charge is 0.263 e. The van der Waals surface area contributed by atoms with Crippen LogP contribution >= 0.6 is 0 Å². The summed E-state index contributed by atoms with van der Waals surface area (Å²) in [4.78, 5) is 28.1. The van der Waals surface area contributed by atoms with Crippen LogP contribution in [0.5, 0.6) is 5.75 Å². The first-order valence-electron chi connectivity index (χ1n) is 13.8. The van der Waals surface area contributed by atoms with Crippen LogP contribution in [0, 0.1) is 0 Å². The zero-order valence-electron chi connectivity index (χ0n) is 23.3. The van der Waals surface area contributed by atoms with E-state index in [1.165, 1.54) is 0 Å². The fourth-order valence-electron chi connectivity index (χ4n) is 4.84. The van der Waals surface area contributed by atoms with Crippen molar-refractivity contribution in [1.29, 1.82) is 0 Å². The molecule has 0 spiro atoms. The Kier molecular flexibility index (Phi) is 9.00. The third kappa shape index (κ3) is 7.05. The number of rotatable bonds is 10. The molecular weight excluding hydrogens is 550 g/mol. The van der Waals surface area contributed by atoms with Crippen LogP contribution < -0.4 is 19.7 Å². The molecule has 0 bridgehead atoms. The number of amides is 2. The number of fused-ring (bicyclic) bond motifs is 1. The van der Waals surface area contributed by atoms with E-state index in [1.807, 2.05) is 66.7 Å². The van der Waals surface area contributed by atoms with E-state index in [0.717, 1.165) is 16.7 Å². The van der Waals surface area contributed by atoms with Gasteiger partial charge in [0.15, 0.2) is 6.10 Å². The second kappa shape index (κ2) is 13.0. The molecule has 4 aromatic carbocycles. The van der Waals surface area contributed by atoms with Gasteiger partial charge >= 0.3 is 0 Å². The highest BCUT2D eigenvalue weighted by Crippen LogP contribution is 2.33. The highest BCUT2D eigenvalue weighted by Gasteiger charge is 2.33. The normalized spacial score (nSPS) is 15.3. The molecule has 1 aliphatic rings. The molecule has 0 unspecified atom stereocenters. The van der Waals surface area contributed by atoms with Crippen molar-refractivity contribution in [1.82, 2.24) is 10.0 Å². The van der Waals surface area contributed by atoms with Gasteiger partial charge in [-0.05, 0) is 54.3 Å². The van der Waals surface area contributed by atoms with Crippen LogP contribution in [0.15, 0.2) is 114 Å². The molecular formula is C33H33N3O5S. The van der Waals surface area contributed by atoms with Gasteiger partial charge in [0.1, 0.15) is 5.75 Å². The maximum absolute atomic E-state index is 13.4. The van der Waals surface area contributed by atoms with Crippen LogP contribution in [0.4, 0.5) is 5.69 Å². The number of aryl methyl sites for hydroxylation is 1. The van der Waals surface area contributed by atoms with Gasteiger partial charge in [0.05, 0.1) is 17.1 Å². The first kappa shape index (κ1) is 29.0. The van der Waals surface area contributed by atoms with Crippen molar-refractivity contribution in [3.05, 3.63) is 126 Å². The number of ether oxygens (including phenoxy) is 1. The second-order valence-corrected chi connectivity index (χ2v) is 11.9. The van der Waals surface area contributed by atoms with Gasteiger partial charge in [-0.25, -0.2) is 13.1 Å². The topological polar surface area (TPSA) is 105 Å². The molecule has 1 aliphatic heterocycles. The number of carbonyl (C=O) groups is 2. The van der Waals surface area contributed by atoms with Gasteiger partial charge in [-0.2, -0.15) is 0 Å². The molecule has 0 saturated carbocycles. The maximum atomic E-state index is 13.4. The first-order valence-corrected chi connectivity index (χ1v) is 15.3. The van der Waals surface area contributed by atoms with Crippen molar-refractivity contribution in [3.63, 3.8) is 0 Å². The standard InChI is InChI=1S/C33H33N3O5S/c1-24(27-12-6-3-7-13-27)35-42(39,40)28-19-16-25(17-20-28)18-21-32(37)36-23-31(41-30-15-9-8-14-29(30)36)33(38)34-22-26-10-4-2-5-11-26/h2-17,19-20,24,31,35H,18,21-23H2,1H3,(H,34,38)/t24-,31+/m1/s1. The second-order valence-electron chi connectivity index (χ2n) is 10.2. The number of carbonyl (C=O) groups excluding carboxylic acids is 2. The van der Waals surface area contributed by atoms with Crippen LogP contribution in [0.3, 0.4) is 0 Å². The predicted octanol–water partition coefficient (Wildman–Crippen LogP) is 4.77. The van der Waals surface area contributed by atoms with Crippen LogP contribution in [0.2, 0.25) is 0 Å². The van der Waals surface area contributed by atoms with Crippen molar-refractivity contribution in [2.75, 3.05) is 11.4 Å². The summed E-state index contributed by atoms with van der Waals surface area (Å²) in [7, 11) is -3.72. The summed E-state index contributed by atoms with van der Waals surface area (Å²) in [6.45, 7) is 2.26. The SMILES string of the molecule is C[C@@H](NS(=O)(=O)c1ccc(CCC(=O)N2C[C@@H](C(=O)NCc3ccccc3)Oc3ccccc32)cc1)c1ccccc1. The minimum Gasteiger partial charge on any atom is -0.477 e. The lowest BCUT2D eigenvalue weighted by Crippen LogP contribution is -2.50. The molecule has 2 amide bonds. The van der Waals surface area contributed by atoms with Gasteiger partial charge in [0.2, 0.25) is 15.9 Å². The Morgan fingerprint density at radius 1 is 0.857 bits per heavy atom. The van der Waals surface area contributed by atoms with Crippen LogP contribution in [0.25, 0.3) is 0 Å². The van der Waals surface area contributed by atoms with E-state index in [2.05, 4.69) is 10.0 Å². The van der Waals surface area contributed by atoms with Crippen molar-refractivity contribution >= 4 is 27.5 Å². The van der Waals surface area contributed by atoms with E-state index in [4.69, 9.17) is 4.74 Å². The lowest BCUT2D eigenvalue weighted by molar-refractivity contribution is -0.128. The van der Waals surface area contributed by atoms with Crippen molar-refractivity contribution in [3.8, 4) is 5.75 Å². The molecule has 216 valence electrons. The van der Waals surface area contributed by atoms with E-state index in [0.29, 0.717) is 24.4 Å². The van der Waals surface area contributed by atoms with E-state index >= 15 is 0 Å². The molecule has 0 aromatic heterocycles. The quantitative estimate of drug-likeness (QED) is 0.280. The lowest BCUT2D eigenvalue weighted by atomic mass is 10.1. The lowest BCUT2D eigenvalue weighted by Gasteiger charge is -2.34. The Balaban J connectivity index is 1.20. The molecule has 9 heteroatoms. The van der Waals surface area contributed by atoms with Gasteiger partial charge in [-0.3, -0.25) is 9.59 Å². The third-order valence-corrected chi connectivity index (χ3v) is 8.73. The zero-order valence-corrected chi connectivity index (χ0v) is 24.1. The average Bonchev–Trinajstić information content (AvgIpc) is 3.02. The monoisotopic (exact) mass is 583 g/mol.